The molecule has 0 saturated heterocycles. The minimum absolute atomic E-state index is 0.148. The van der Waals surface area contributed by atoms with Crippen LogP contribution in [-0.2, 0) is 11.7 Å². The van der Waals surface area contributed by atoms with Gasteiger partial charge in [-0.2, -0.15) is 18.2 Å². The van der Waals surface area contributed by atoms with Gasteiger partial charge in [-0.25, -0.2) is 9.67 Å². The van der Waals surface area contributed by atoms with E-state index in [1.165, 1.54) is 16.9 Å². The average molecular weight is 365 g/mol. The van der Waals surface area contributed by atoms with Crippen molar-refractivity contribution in [1.82, 2.24) is 30.1 Å². The van der Waals surface area contributed by atoms with Gasteiger partial charge in [0.15, 0.2) is 17.3 Å². The number of nitrogens with zero attached hydrogens (tertiary/aromatic N) is 6. The van der Waals surface area contributed by atoms with Crippen molar-refractivity contribution in [3.63, 3.8) is 0 Å². The molecule has 3 heterocycles. The maximum atomic E-state index is 12.6. The fourth-order valence-electron chi connectivity index (χ4n) is 2.92. The summed E-state index contributed by atoms with van der Waals surface area (Å²) < 4.78 is 44.2. The van der Waals surface area contributed by atoms with Crippen LogP contribution < -0.4 is 5.73 Å². The molecule has 0 atom stereocenters. The van der Waals surface area contributed by atoms with Crippen LogP contribution in [0.1, 0.15) is 37.1 Å². The Labute approximate surface area is 145 Å². The molecule has 1 fully saturated rings. The summed E-state index contributed by atoms with van der Waals surface area (Å²) >= 11 is 0. The van der Waals surface area contributed by atoms with E-state index < -0.39 is 17.3 Å². The second-order valence-corrected chi connectivity index (χ2v) is 6.24. The van der Waals surface area contributed by atoms with E-state index in [1.54, 1.807) is 0 Å². The van der Waals surface area contributed by atoms with Crippen LogP contribution >= 0.6 is 0 Å². The Morgan fingerprint density at radius 3 is 2.62 bits per heavy atom. The fourth-order valence-corrected chi connectivity index (χ4v) is 2.92. The molecule has 8 nitrogen and oxygen atoms in total. The third kappa shape index (κ3) is 2.94. The van der Waals surface area contributed by atoms with Gasteiger partial charge in [-0.3, -0.25) is 0 Å². The Morgan fingerprint density at radius 1 is 1.19 bits per heavy atom. The van der Waals surface area contributed by atoms with Gasteiger partial charge in [0.1, 0.15) is 0 Å². The predicted molar refractivity (Wildman–Crippen MR) is 81.8 cm³/mol. The van der Waals surface area contributed by atoms with E-state index >= 15 is 0 Å². The van der Waals surface area contributed by atoms with Gasteiger partial charge in [-0.1, -0.05) is 23.2 Å². The highest BCUT2D eigenvalue weighted by molar-refractivity contribution is 5.45. The molecule has 0 radical (unpaired) electrons. The number of hydrogen-bond donors (Lipinski definition) is 1. The highest BCUT2D eigenvalue weighted by Gasteiger charge is 2.36. The lowest BCUT2D eigenvalue weighted by molar-refractivity contribution is -0.137. The van der Waals surface area contributed by atoms with Crippen LogP contribution in [0.15, 0.2) is 29.0 Å². The monoisotopic (exact) mass is 365 g/mol. The Kier molecular flexibility index (Phi) is 3.75. The van der Waals surface area contributed by atoms with E-state index in [4.69, 9.17) is 10.3 Å². The van der Waals surface area contributed by atoms with Gasteiger partial charge < -0.3 is 10.3 Å². The van der Waals surface area contributed by atoms with Crippen molar-refractivity contribution < 1.29 is 17.7 Å². The molecule has 0 bridgehead atoms. The summed E-state index contributed by atoms with van der Waals surface area (Å²) in [5.41, 5.74) is 5.14. The van der Waals surface area contributed by atoms with Gasteiger partial charge in [-0.15, -0.1) is 5.10 Å². The summed E-state index contributed by atoms with van der Waals surface area (Å²) in [5, 5.41) is 11.7. The van der Waals surface area contributed by atoms with Crippen LogP contribution in [0.4, 0.5) is 13.2 Å². The van der Waals surface area contributed by atoms with E-state index in [2.05, 4.69) is 25.4 Å². The Balaban J connectivity index is 1.58. The van der Waals surface area contributed by atoms with Gasteiger partial charge in [0.2, 0.25) is 0 Å². The molecule has 0 unspecified atom stereocenters. The molecular formula is C15H14F3N7O. The topological polar surface area (TPSA) is 109 Å². The maximum absolute atomic E-state index is 12.6. The number of hydrogen-bond acceptors (Lipinski definition) is 7. The second-order valence-electron chi connectivity index (χ2n) is 6.24. The minimum Gasteiger partial charge on any atom is -0.332 e. The molecule has 0 spiro atoms. The largest absolute Gasteiger partial charge is 0.417 e. The number of alkyl halides is 3. The molecule has 1 saturated carbocycles. The maximum Gasteiger partial charge on any atom is 0.417 e. The van der Waals surface area contributed by atoms with Crippen LogP contribution in [0.3, 0.4) is 0 Å². The van der Waals surface area contributed by atoms with Crippen molar-refractivity contribution in [3.05, 3.63) is 35.9 Å². The molecule has 2 N–H and O–H groups in total. The first-order valence-corrected chi connectivity index (χ1v) is 7.95. The molecule has 3 aromatic rings. The zero-order valence-electron chi connectivity index (χ0n) is 13.4. The molecule has 1 aliphatic carbocycles. The van der Waals surface area contributed by atoms with Crippen molar-refractivity contribution in [1.29, 1.82) is 0 Å². The number of rotatable bonds is 3. The lowest BCUT2D eigenvalue weighted by Gasteiger charge is -2.17. The minimum atomic E-state index is -4.45. The van der Waals surface area contributed by atoms with Crippen molar-refractivity contribution >= 4 is 0 Å². The molecule has 0 aromatic carbocycles. The Hall–Kier alpha value is -2.82. The number of halogens is 3. The molecule has 0 aliphatic heterocycles. The normalized spacial score (nSPS) is 16.9. The fraction of sp³-hybridized carbons (Fsp3) is 0.400. The summed E-state index contributed by atoms with van der Waals surface area (Å²) in [4.78, 5) is 8.06. The van der Waals surface area contributed by atoms with Gasteiger partial charge in [0.25, 0.3) is 5.89 Å². The summed E-state index contributed by atoms with van der Waals surface area (Å²) in [6.07, 6.45) is 1.33. The van der Waals surface area contributed by atoms with E-state index in [-0.39, 0.29) is 17.4 Å². The van der Waals surface area contributed by atoms with E-state index in [0.29, 0.717) is 5.82 Å². The quantitative estimate of drug-likeness (QED) is 0.759. The first-order valence-electron chi connectivity index (χ1n) is 7.95. The van der Waals surface area contributed by atoms with Crippen molar-refractivity contribution in [3.8, 4) is 17.4 Å². The predicted octanol–water partition coefficient (Wildman–Crippen LogP) is 2.46. The zero-order chi connectivity index (χ0) is 18.4. The van der Waals surface area contributed by atoms with Gasteiger partial charge in [0, 0.05) is 6.20 Å². The van der Waals surface area contributed by atoms with Crippen LogP contribution in [0.2, 0.25) is 0 Å². The Morgan fingerprint density at radius 2 is 1.96 bits per heavy atom. The van der Waals surface area contributed by atoms with Crippen molar-refractivity contribution in [2.24, 2.45) is 5.73 Å². The first kappa shape index (κ1) is 16.6. The summed E-state index contributed by atoms with van der Waals surface area (Å²) in [6.45, 7) is 0. The lowest BCUT2D eigenvalue weighted by atomic mass is 9.99. The van der Waals surface area contributed by atoms with Crippen LogP contribution in [0.25, 0.3) is 17.4 Å². The molecule has 26 heavy (non-hydrogen) atoms. The molecular weight excluding hydrogens is 351 g/mol. The molecule has 3 aromatic heterocycles. The van der Waals surface area contributed by atoms with Gasteiger partial charge in [-0.05, 0) is 25.0 Å². The molecule has 136 valence electrons. The SMILES string of the molecule is NC1(c2noc(-c3cn(-c4ccc(C(F)(F)F)cn4)nn3)n2)CCCC1. The molecule has 0 amide bonds. The standard InChI is InChI=1S/C15H14F3N7O/c16-15(17,18)9-3-4-11(20-7-9)25-8-10(22-24-25)12-21-13(23-26-12)14(19)5-1-2-6-14/h3-4,7-8H,1-2,5-6,19H2. The summed E-state index contributed by atoms with van der Waals surface area (Å²) in [6, 6.07) is 2.13. The number of nitrogens with two attached hydrogens (primary N) is 1. The number of aromatic nitrogens is 6. The van der Waals surface area contributed by atoms with Gasteiger partial charge >= 0.3 is 6.18 Å². The zero-order valence-corrected chi connectivity index (χ0v) is 13.4. The Bertz CT molecular complexity index is 910. The highest BCUT2D eigenvalue weighted by Crippen LogP contribution is 2.35. The van der Waals surface area contributed by atoms with Gasteiger partial charge in [0.05, 0.1) is 17.3 Å². The second kappa shape index (κ2) is 5.87. The van der Waals surface area contributed by atoms with Crippen molar-refractivity contribution in [2.45, 2.75) is 37.4 Å². The molecule has 11 heteroatoms. The van der Waals surface area contributed by atoms with Crippen LogP contribution in [0.5, 0.6) is 0 Å². The highest BCUT2D eigenvalue weighted by atomic mass is 19.4. The van der Waals surface area contributed by atoms with E-state index in [9.17, 15) is 13.2 Å². The summed E-state index contributed by atoms with van der Waals surface area (Å²) in [5.74, 6) is 0.754. The van der Waals surface area contributed by atoms with E-state index in [0.717, 1.165) is 37.9 Å². The molecule has 1 aliphatic rings. The van der Waals surface area contributed by atoms with Crippen LogP contribution in [-0.4, -0.2) is 30.1 Å². The smallest absolute Gasteiger partial charge is 0.332 e. The third-order valence-electron chi connectivity index (χ3n) is 4.39. The van der Waals surface area contributed by atoms with Crippen LogP contribution in [0, 0.1) is 0 Å². The number of pyridine rings is 1. The lowest BCUT2D eigenvalue weighted by Crippen LogP contribution is -2.34. The molecule has 4 rings (SSSR count). The average Bonchev–Trinajstić information content (AvgIpc) is 3.34. The first-order chi connectivity index (χ1) is 12.4. The van der Waals surface area contributed by atoms with E-state index in [1.807, 2.05) is 0 Å². The van der Waals surface area contributed by atoms with Crippen molar-refractivity contribution in [2.75, 3.05) is 0 Å². The summed E-state index contributed by atoms with van der Waals surface area (Å²) in [7, 11) is 0. The third-order valence-corrected chi connectivity index (χ3v) is 4.39.